The van der Waals surface area contributed by atoms with E-state index in [1.165, 1.54) is 11.1 Å². The number of fused-ring (bicyclic) bond motifs is 1. The second kappa shape index (κ2) is 4.01. The zero-order chi connectivity index (χ0) is 9.97. The van der Waals surface area contributed by atoms with Crippen LogP contribution in [0.15, 0.2) is 24.3 Å². The zero-order valence-corrected chi connectivity index (χ0v) is 8.55. The molecule has 1 atom stereocenters. The van der Waals surface area contributed by atoms with Gasteiger partial charge in [0, 0.05) is 0 Å². The second-order valence-electron chi connectivity index (χ2n) is 3.49. The van der Waals surface area contributed by atoms with Crippen LogP contribution in [0.3, 0.4) is 0 Å². The molecule has 0 aromatic heterocycles. The highest BCUT2D eigenvalue weighted by Gasteiger charge is 2.22. The SMILES string of the molecule is O=C(CCl)NC1CCc2ccccc21. The van der Waals surface area contributed by atoms with Crippen LogP contribution in [0.4, 0.5) is 0 Å². The van der Waals surface area contributed by atoms with Crippen molar-refractivity contribution in [2.75, 3.05) is 5.88 Å². The Morgan fingerprint density at radius 3 is 3.07 bits per heavy atom. The van der Waals surface area contributed by atoms with Crippen LogP contribution >= 0.6 is 11.6 Å². The van der Waals surface area contributed by atoms with E-state index in [0.29, 0.717) is 0 Å². The van der Waals surface area contributed by atoms with Gasteiger partial charge < -0.3 is 5.32 Å². The molecule has 0 aliphatic heterocycles. The van der Waals surface area contributed by atoms with Crippen molar-refractivity contribution in [3.05, 3.63) is 35.4 Å². The van der Waals surface area contributed by atoms with Crippen LogP contribution in [-0.2, 0) is 11.2 Å². The number of hydrogen-bond donors (Lipinski definition) is 1. The van der Waals surface area contributed by atoms with Gasteiger partial charge in [-0.3, -0.25) is 4.79 Å². The van der Waals surface area contributed by atoms with Gasteiger partial charge in [-0.25, -0.2) is 0 Å². The molecule has 0 heterocycles. The number of alkyl halides is 1. The van der Waals surface area contributed by atoms with E-state index in [2.05, 4.69) is 17.4 Å². The Bertz CT molecular complexity index is 351. The molecule has 74 valence electrons. The monoisotopic (exact) mass is 209 g/mol. The molecule has 0 saturated carbocycles. The third-order valence-electron chi connectivity index (χ3n) is 2.59. The van der Waals surface area contributed by atoms with Gasteiger partial charge in [0.15, 0.2) is 0 Å². The lowest BCUT2D eigenvalue weighted by Gasteiger charge is -2.12. The quantitative estimate of drug-likeness (QED) is 0.742. The van der Waals surface area contributed by atoms with Crippen LogP contribution in [0.1, 0.15) is 23.6 Å². The molecule has 1 N–H and O–H groups in total. The van der Waals surface area contributed by atoms with E-state index in [0.717, 1.165) is 12.8 Å². The predicted octanol–water partition coefficient (Wildman–Crippen LogP) is 2.03. The number of aryl methyl sites for hydroxylation is 1. The number of amides is 1. The summed E-state index contributed by atoms with van der Waals surface area (Å²) in [5.74, 6) is -0.0491. The summed E-state index contributed by atoms with van der Waals surface area (Å²) >= 11 is 5.45. The summed E-state index contributed by atoms with van der Waals surface area (Å²) in [5.41, 5.74) is 2.58. The Morgan fingerprint density at radius 1 is 1.50 bits per heavy atom. The topological polar surface area (TPSA) is 29.1 Å². The first-order valence-corrected chi connectivity index (χ1v) is 5.28. The van der Waals surface area contributed by atoms with Gasteiger partial charge in [0.2, 0.25) is 5.91 Å². The molecule has 1 unspecified atom stereocenters. The van der Waals surface area contributed by atoms with Crippen LogP contribution in [-0.4, -0.2) is 11.8 Å². The molecule has 1 amide bonds. The molecule has 2 rings (SSSR count). The lowest BCUT2D eigenvalue weighted by molar-refractivity contribution is -0.119. The third kappa shape index (κ3) is 1.75. The fourth-order valence-corrected chi connectivity index (χ4v) is 2.02. The summed E-state index contributed by atoms with van der Waals surface area (Å²) in [5, 5.41) is 2.91. The third-order valence-corrected chi connectivity index (χ3v) is 2.83. The van der Waals surface area contributed by atoms with E-state index >= 15 is 0 Å². The van der Waals surface area contributed by atoms with Crippen molar-refractivity contribution in [1.29, 1.82) is 0 Å². The summed E-state index contributed by atoms with van der Waals surface area (Å²) in [6, 6.07) is 8.38. The molecule has 2 nitrogen and oxygen atoms in total. The van der Waals surface area contributed by atoms with E-state index < -0.39 is 0 Å². The summed E-state index contributed by atoms with van der Waals surface area (Å²) in [4.78, 5) is 11.1. The highest BCUT2D eigenvalue weighted by atomic mass is 35.5. The molecule has 1 aliphatic rings. The van der Waals surface area contributed by atoms with E-state index in [4.69, 9.17) is 11.6 Å². The Hall–Kier alpha value is -1.02. The number of carbonyl (C=O) groups is 1. The van der Waals surface area contributed by atoms with Crippen molar-refractivity contribution in [1.82, 2.24) is 5.32 Å². The first-order valence-electron chi connectivity index (χ1n) is 4.74. The van der Waals surface area contributed by atoms with E-state index in [9.17, 15) is 4.79 Å². The fourth-order valence-electron chi connectivity index (χ4n) is 1.94. The van der Waals surface area contributed by atoms with Crippen molar-refractivity contribution < 1.29 is 4.79 Å². The minimum atomic E-state index is -0.0895. The lowest BCUT2D eigenvalue weighted by Crippen LogP contribution is -2.27. The molecule has 0 fully saturated rings. The molecule has 0 saturated heterocycles. The largest absolute Gasteiger partial charge is 0.348 e. The second-order valence-corrected chi connectivity index (χ2v) is 3.76. The highest BCUT2D eigenvalue weighted by molar-refractivity contribution is 6.27. The summed E-state index contributed by atoms with van der Waals surface area (Å²) in [6.07, 6.45) is 2.03. The summed E-state index contributed by atoms with van der Waals surface area (Å²) in [7, 11) is 0. The fraction of sp³-hybridized carbons (Fsp3) is 0.364. The summed E-state index contributed by atoms with van der Waals surface area (Å²) in [6.45, 7) is 0. The van der Waals surface area contributed by atoms with E-state index in [1.54, 1.807) is 0 Å². The number of carbonyl (C=O) groups excluding carboxylic acids is 1. The van der Waals surface area contributed by atoms with Crippen LogP contribution in [0.2, 0.25) is 0 Å². The molecule has 3 heteroatoms. The maximum absolute atomic E-state index is 11.1. The predicted molar refractivity (Wildman–Crippen MR) is 56.4 cm³/mol. The Kier molecular flexibility index (Phi) is 2.73. The minimum absolute atomic E-state index is 0.0403. The van der Waals surface area contributed by atoms with Gasteiger partial charge in [-0.1, -0.05) is 24.3 Å². The maximum atomic E-state index is 11.1. The maximum Gasteiger partial charge on any atom is 0.235 e. The number of benzene rings is 1. The Morgan fingerprint density at radius 2 is 2.29 bits per heavy atom. The first kappa shape index (κ1) is 9.53. The lowest BCUT2D eigenvalue weighted by atomic mass is 10.1. The van der Waals surface area contributed by atoms with Crippen molar-refractivity contribution in [2.45, 2.75) is 18.9 Å². The van der Waals surface area contributed by atoms with Crippen LogP contribution in [0.25, 0.3) is 0 Å². The van der Waals surface area contributed by atoms with Crippen LogP contribution < -0.4 is 5.32 Å². The summed E-state index contributed by atoms with van der Waals surface area (Å²) < 4.78 is 0. The van der Waals surface area contributed by atoms with Crippen molar-refractivity contribution in [3.63, 3.8) is 0 Å². The van der Waals surface area contributed by atoms with Gasteiger partial charge in [-0.05, 0) is 24.0 Å². The highest BCUT2D eigenvalue weighted by Crippen LogP contribution is 2.30. The Labute approximate surface area is 88.3 Å². The average molecular weight is 210 g/mol. The molecule has 0 bridgehead atoms. The molecule has 1 aromatic rings. The number of rotatable bonds is 2. The van der Waals surface area contributed by atoms with Crippen LogP contribution in [0, 0.1) is 0 Å². The van der Waals surface area contributed by atoms with Gasteiger partial charge in [-0.2, -0.15) is 0 Å². The molecule has 1 aromatic carbocycles. The molecular weight excluding hydrogens is 198 g/mol. The van der Waals surface area contributed by atoms with Gasteiger partial charge in [0.05, 0.1) is 6.04 Å². The molecule has 14 heavy (non-hydrogen) atoms. The average Bonchev–Trinajstić information content (AvgIpc) is 2.62. The molecular formula is C11H12ClNO. The molecule has 1 aliphatic carbocycles. The smallest absolute Gasteiger partial charge is 0.235 e. The Balaban J connectivity index is 2.14. The van der Waals surface area contributed by atoms with Crippen molar-refractivity contribution >= 4 is 17.5 Å². The number of halogens is 1. The van der Waals surface area contributed by atoms with Gasteiger partial charge >= 0.3 is 0 Å². The first-order chi connectivity index (χ1) is 6.81. The van der Waals surface area contributed by atoms with E-state index in [-0.39, 0.29) is 17.8 Å². The van der Waals surface area contributed by atoms with Gasteiger partial charge in [0.25, 0.3) is 0 Å². The van der Waals surface area contributed by atoms with Crippen molar-refractivity contribution in [2.24, 2.45) is 0 Å². The molecule has 0 spiro atoms. The van der Waals surface area contributed by atoms with Crippen molar-refractivity contribution in [3.8, 4) is 0 Å². The molecule has 0 radical (unpaired) electrons. The normalized spacial score (nSPS) is 19.1. The standard InChI is InChI=1S/C11H12ClNO/c12-7-11(14)13-10-6-5-8-3-1-2-4-9(8)10/h1-4,10H,5-7H2,(H,13,14). The van der Waals surface area contributed by atoms with E-state index in [1.807, 2.05) is 12.1 Å². The number of nitrogens with one attached hydrogen (secondary N) is 1. The van der Waals surface area contributed by atoms with Crippen LogP contribution in [0.5, 0.6) is 0 Å². The number of hydrogen-bond acceptors (Lipinski definition) is 1. The zero-order valence-electron chi connectivity index (χ0n) is 7.79. The van der Waals surface area contributed by atoms with Gasteiger partial charge in [-0.15, -0.1) is 11.6 Å². The van der Waals surface area contributed by atoms with Gasteiger partial charge in [0.1, 0.15) is 5.88 Å². The minimum Gasteiger partial charge on any atom is -0.348 e.